The Morgan fingerprint density at radius 1 is 0.879 bits per heavy atom. The zero-order valence-electron chi connectivity index (χ0n) is 36.9. The maximum Gasteiger partial charge on any atom is 0.318 e. The number of carbonyl (C=O) groups is 4. The summed E-state index contributed by atoms with van der Waals surface area (Å²) in [6, 6.07) is 7.53. The maximum atomic E-state index is 14.5. The van der Waals surface area contributed by atoms with Crippen LogP contribution in [0.3, 0.4) is 0 Å². The van der Waals surface area contributed by atoms with E-state index in [1.54, 1.807) is 0 Å². The number of Topliss-reactive ketones (excluding diaryl/α,β-unsaturated/α-hetero) is 1. The van der Waals surface area contributed by atoms with E-state index in [0.717, 1.165) is 62.5 Å². The van der Waals surface area contributed by atoms with Crippen LogP contribution < -0.4 is 10.6 Å². The first-order valence-electron chi connectivity index (χ1n) is 22.2. The lowest BCUT2D eigenvalue weighted by molar-refractivity contribution is -0.235. The minimum atomic E-state index is -0.835. The summed E-state index contributed by atoms with van der Waals surface area (Å²) in [5, 5.41) is 17.1. The number of hydrogen-bond donors (Lipinski definition) is 3. The van der Waals surface area contributed by atoms with E-state index in [2.05, 4.69) is 59.1 Å². The highest BCUT2D eigenvalue weighted by Crippen LogP contribution is 2.76. The third kappa shape index (κ3) is 6.57. The monoisotopic (exact) mass is 819 g/mol. The van der Waals surface area contributed by atoms with Gasteiger partial charge in [-0.05, 0) is 139 Å². The van der Waals surface area contributed by atoms with Gasteiger partial charge in [-0.1, -0.05) is 86.0 Å². The van der Waals surface area contributed by atoms with E-state index in [4.69, 9.17) is 16.3 Å². The second-order valence-corrected chi connectivity index (χ2v) is 22.1. The quantitative estimate of drug-likeness (QED) is 0.201. The van der Waals surface area contributed by atoms with E-state index in [1.165, 1.54) is 5.57 Å². The number of nitrogens with one attached hydrogen (secondary N) is 2. The number of allylic oxidation sites excluding steroid dienone is 1. The SMILES string of the molecule is CNCCN(Cc1ccc(Cl)cc1)C(=O)N[C@@]12CC[C@]3(C)[C@H](CC[C@@H]4[C@@]5(C)CC[C@H](OC(=O)[C@H]6C[C@@H](C(=O)O)C6(C)C)C(C)(C)[C@@H]5CC[C@]43C)C1=C(C(C)C)C(=O)C2. The number of amides is 2. The third-order valence-electron chi connectivity index (χ3n) is 18.0. The number of likely N-dealkylation sites (N-methyl/N-ethyl adjacent to an activating group) is 1. The van der Waals surface area contributed by atoms with Crippen LogP contribution in [-0.4, -0.2) is 65.5 Å². The minimum absolute atomic E-state index is 0.0207. The van der Waals surface area contributed by atoms with Crippen molar-refractivity contribution in [3.8, 4) is 0 Å². The molecule has 7 rings (SSSR count). The number of ketones is 1. The van der Waals surface area contributed by atoms with Crippen LogP contribution >= 0.6 is 11.6 Å². The zero-order valence-corrected chi connectivity index (χ0v) is 37.6. The Hall–Kier alpha value is -2.91. The Morgan fingerprint density at radius 3 is 2.19 bits per heavy atom. The van der Waals surface area contributed by atoms with Gasteiger partial charge in [0.15, 0.2) is 5.78 Å². The van der Waals surface area contributed by atoms with Gasteiger partial charge in [0.25, 0.3) is 0 Å². The molecule has 10 heteroatoms. The molecule has 0 heterocycles. The molecule has 5 saturated carbocycles. The summed E-state index contributed by atoms with van der Waals surface area (Å²) in [6.07, 6.45) is 8.13. The molecule has 320 valence electrons. The summed E-state index contributed by atoms with van der Waals surface area (Å²) in [5.41, 5.74) is 1.66. The van der Waals surface area contributed by atoms with Crippen molar-refractivity contribution in [1.82, 2.24) is 15.5 Å². The summed E-state index contributed by atoms with van der Waals surface area (Å²) < 4.78 is 6.43. The summed E-state index contributed by atoms with van der Waals surface area (Å²) in [7, 11) is 1.90. The predicted molar refractivity (Wildman–Crippen MR) is 227 cm³/mol. The number of benzene rings is 1. The van der Waals surface area contributed by atoms with Crippen molar-refractivity contribution >= 4 is 35.4 Å². The van der Waals surface area contributed by atoms with Crippen LogP contribution in [0.5, 0.6) is 0 Å². The van der Waals surface area contributed by atoms with Gasteiger partial charge in [0.1, 0.15) is 6.10 Å². The molecule has 1 aromatic carbocycles. The molecular weight excluding hydrogens is 750 g/mol. The topological polar surface area (TPSA) is 125 Å². The van der Waals surface area contributed by atoms with Crippen molar-refractivity contribution < 1.29 is 29.0 Å². The molecule has 6 aliphatic carbocycles. The van der Waals surface area contributed by atoms with E-state index in [9.17, 15) is 24.3 Å². The van der Waals surface area contributed by atoms with Crippen molar-refractivity contribution in [2.75, 3.05) is 20.1 Å². The number of ether oxygens (including phenoxy) is 1. The molecule has 0 aliphatic heterocycles. The number of halogens is 1. The molecule has 1 aromatic rings. The molecule has 0 saturated heterocycles. The van der Waals surface area contributed by atoms with Gasteiger partial charge in [-0.2, -0.15) is 0 Å². The molecule has 9 nitrogen and oxygen atoms in total. The smallest absolute Gasteiger partial charge is 0.318 e. The average Bonchev–Trinajstić information content (AvgIpc) is 3.43. The number of esters is 1. The molecule has 3 N–H and O–H groups in total. The molecule has 0 spiro atoms. The molecule has 0 bridgehead atoms. The van der Waals surface area contributed by atoms with Gasteiger partial charge < -0.3 is 25.4 Å². The number of carboxylic acids is 1. The lowest BCUT2D eigenvalue weighted by atomic mass is 9.33. The first-order valence-corrected chi connectivity index (χ1v) is 22.6. The number of rotatable bonds is 10. The first kappa shape index (κ1) is 43.2. The second kappa shape index (κ2) is 14.9. The van der Waals surface area contributed by atoms with Gasteiger partial charge in [-0.3, -0.25) is 14.4 Å². The van der Waals surface area contributed by atoms with E-state index < -0.39 is 28.8 Å². The van der Waals surface area contributed by atoms with Crippen LogP contribution in [0.15, 0.2) is 35.4 Å². The molecular formula is C48H70ClN3O6. The summed E-state index contributed by atoms with van der Waals surface area (Å²) in [6.45, 7) is 21.9. The lowest BCUT2D eigenvalue weighted by Gasteiger charge is -2.72. The van der Waals surface area contributed by atoms with Crippen molar-refractivity contribution in [3.05, 3.63) is 46.0 Å². The fraction of sp³-hybridized carbons (Fsp3) is 0.750. The number of fused-ring (bicyclic) bond motifs is 7. The summed E-state index contributed by atoms with van der Waals surface area (Å²) in [5.74, 6) is -0.685. The summed E-state index contributed by atoms with van der Waals surface area (Å²) >= 11 is 6.20. The van der Waals surface area contributed by atoms with E-state index in [-0.39, 0.29) is 57.4 Å². The third-order valence-corrected chi connectivity index (χ3v) is 18.3. The lowest BCUT2D eigenvalue weighted by Crippen LogP contribution is -2.67. The molecule has 0 radical (unpaired) electrons. The van der Waals surface area contributed by atoms with Gasteiger partial charge >= 0.3 is 18.0 Å². The molecule has 5 fully saturated rings. The number of carbonyl (C=O) groups excluding carboxylic acids is 3. The Kier molecular flexibility index (Phi) is 11.1. The maximum absolute atomic E-state index is 14.5. The van der Waals surface area contributed by atoms with Gasteiger partial charge in [-0.15, -0.1) is 0 Å². The van der Waals surface area contributed by atoms with Crippen LogP contribution in [0.25, 0.3) is 0 Å². The molecule has 0 unspecified atom stereocenters. The average molecular weight is 821 g/mol. The Labute approximate surface area is 352 Å². The number of carboxylic acid groups (broad SMARTS) is 1. The number of urea groups is 1. The first-order chi connectivity index (χ1) is 27.1. The van der Waals surface area contributed by atoms with Crippen LogP contribution in [0, 0.1) is 62.6 Å². The van der Waals surface area contributed by atoms with Gasteiger partial charge in [-0.25, -0.2) is 4.79 Å². The van der Waals surface area contributed by atoms with Gasteiger partial charge in [0, 0.05) is 36.5 Å². The predicted octanol–water partition coefficient (Wildman–Crippen LogP) is 9.46. The van der Waals surface area contributed by atoms with Crippen LogP contribution in [-0.2, 0) is 25.7 Å². The van der Waals surface area contributed by atoms with Crippen molar-refractivity contribution in [2.45, 2.75) is 145 Å². The van der Waals surface area contributed by atoms with Crippen LogP contribution in [0.1, 0.15) is 132 Å². The van der Waals surface area contributed by atoms with Crippen molar-refractivity contribution in [3.63, 3.8) is 0 Å². The molecule has 2 amide bonds. The molecule has 58 heavy (non-hydrogen) atoms. The van der Waals surface area contributed by atoms with E-state index in [0.29, 0.717) is 49.3 Å². The highest BCUT2D eigenvalue weighted by molar-refractivity contribution is 6.30. The van der Waals surface area contributed by atoms with Crippen molar-refractivity contribution in [1.29, 1.82) is 0 Å². The fourth-order valence-electron chi connectivity index (χ4n) is 14.5. The number of hydrogen-bond acceptors (Lipinski definition) is 6. The van der Waals surface area contributed by atoms with Crippen LogP contribution in [0.4, 0.5) is 4.79 Å². The fourth-order valence-corrected chi connectivity index (χ4v) is 14.6. The number of aliphatic carboxylic acids is 1. The summed E-state index contributed by atoms with van der Waals surface area (Å²) in [4.78, 5) is 56.1. The largest absolute Gasteiger partial charge is 0.481 e. The minimum Gasteiger partial charge on any atom is -0.481 e. The Bertz CT molecular complexity index is 1860. The Morgan fingerprint density at radius 2 is 1.57 bits per heavy atom. The van der Waals surface area contributed by atoms with Crippen molar-refractivity contribution in [2.24, 2.45) is 62.6 Å². The highest BCUT2D eigenvalue weighted by atomic mass is 35.5. The standard InChI is InChI=1S/C48H70ClN3O6/c1-28(2)38-34(53)26-48(51-42(57)52(24-23-50-10)27-29-11-13-30(49)14-12-29)22-21-46(8)31(39(38)48)15-16-36-45(7)19-18-37(44(5,6)35(45)17-20-47(36,46)9)58-41(56)33-25-32(40(54)55)43(33,3)4/h11-14,28,31-33,35-37,50H,15-27H2,1-10H3,(H,51,57)(H,54,55)/t31-,32+,33-,35+,36-,37+,45+,46-,47-,48-/m1/s1. The van der Waals surface area contributed by atoms with E-state index in [1.807, 2.05) is 50.1 Å². The van der Waals surface area contributed by atoms with Gasteiger partial charge in [0.2, 0.25) is 0 Å². The second-order valence-electron chi connectivity index (χ2n) is 21.6. The molecule has 10 atom stereocenters. The normalized spacial score (nSPS) is 38.4. The molecule has 0 aromatic heterocycles. The van der Waals surface area contributed by atoms with Crippen LogP contribution in [0.2, 0.25) is 5.02 Å². The molecule has 6 aliphatic rings. The van der Waals surface area contributed by atoms with E-state index >= 15 is 0 Å². The zero-order chi connectivity index (χ0) is 42.4. The highest BCUT2D eigenvalue weighted by Gasteiger charge is 2.70. The number of nitrogens with zero attached hydrogens (tertiary/aromatic N) is 1. The van der Waals surface area contributed by atoms with Gasteiger partial charge in [0.05, 0.1) is 17.4 Å². The Balaban J connectivity index is 1.14.